The Balaban J connectivity index is 1.38. The maximum absolute atomic E-state index is 12.9. The summed E-state index contributed by atoms with van der Waals surface area (Å²) in [6.07, 6.45) is -10.0. The average molecular weight is 486 g/mol. The van der Waals surface area contributed by atoms with E-state index in [2.05, 4.69) is 20.3 Å². The molecule has 11 nitrogen and oxygen atoms in total. The Morgan fingerprint density at radius 3 is 2.32 bits per heavy atom. The van der Waals surface area contributed by atoms with E-state index in [0.29, 0.717) is 36.2 Å². The highest BCUT2D eigenvalue weighted by atomic mass is 19.4. The highest BCUT2D eigenvalue weighted by Gasteiger charge is 2.50. The van der Waals surface area contributed by atoms with E-state index in [9.17, 15) is 38.7 Å². The first-order valence-corrected chi connectivity index (χ1v) is 10.6. The van der Waals surface area contributed by atoms with Crippen LogP contribution >= 0.6 is 0 Å². The van der Waals surface area contributed by atoms with Crippen molar-refractivity contribution in [1.82, 2.24) is 25.0 Å². The minimum atomic E-state index is -4.43. The quantitative estimate of drug-likeness (QED) is 0.268. The van der Waals surface area contributed by atoms with Crippen LogP contribution in [-0.4, -0.2) is 94.1 Å². The topological polar surface area (TPSA) is 164 Å². The van der Waals surface area contributed by atoms with E-state index in [0.717, 1.165) is 12.1 Å². The van der Waals surface area contributed by atoms with Crippen molar-refractivity contribution in [3.8, 4) is 0 Å². The number of nitrogens with one attached hydrogen (secondary N) is 1. The van der Waals surface area contributed by atoms with Crippen molar-refractivity contribution in [2.45, 2.75) is 62.1 Å². The van der Waals surface area contributed by atoms with Gasteiger partial charge >= 0.3 is 6.18 Å². The molecule has 0 amide bonds. The predicted octanol–water partition coefficient (Wildman–Crippen LogP) is -0.571. The molecule has 0 aliphatic heterocycles. The van der Waals surface area contributed by atoms with Gasteiger partial charge in [-0.25, -0.2) is 4.98 Å². The molecule has 2 heterocycles. The maximum Gasteiger partial charge on any atom is 0.416 e. The minimum Gasteiger partial charge on any atom is -0.388 e. The van der Waals surface area contributed by atoms with Crippen LogP contribution in [0.5, 0.6) is 0 Å². The number of aromatic amines is 1. The lowest BCUT2D eigenvalue weighted by Gasteiger charge is -2.45. The smallest absolute Gasteiger partial charge is 0.388 e. The molecule has 3 aromatic rings. The Morgan fingerprint density at radius 1 is 1.03 bits per heavy atom. The Hall–Kier alpha value is -2.78. The third-order valence-corrected chi connectivity index (χ3v) is 6.09. The number of benzene rings is 1. The third-order valence-electron chi connectivity index (χ3n) is 6.09. The van der Waals surface area contributed by atoms with Gasteiger partial charge in [-0.2, -0.15) is 13.2 Å². The fourth-order valence-electron chi connectivity index (χ4n) is 4.15. The van der Waals surface area contributed by atoms with Gasteiger partial charge in [0, 0.05) is 20.0 Å². The van der Waals surface area contributed by atoms with Gasteiger partial charge in [0.15, 0.2) is 5.82 Å². The van der Waals surface area contributed by atoms with Crippen molar-refractivity contribution in [2.75, 3.05) is 11.9 Å². The second-order valence-electron chi connectivity index (χ2n) is 8.41. The van der Waals surface area contributed by atoms with Crippen LogP contribution in [0.1, 0.15) is 17.8 Å². The Morgan fingerprint density at radius 2 is 1.68 bits per heavy atom. The van der Waals surface area contributed by atoms with Gasteiger partial charge in [-0.3, -0.25) is 4.68 Å². The number of anilines is 1. The van der Waals surface area contributed by atoms with Gasteiger partial charge in [-0.1, -0.05) is 5.21 Å². The summed E-state index contributed by atoms with van der Waals surface area (Å²) in [5, 5.41) is 58.1. The number of alkyl halides is 3. The largest absolute Gasteiger partial charge is 0.416 e. The number of fused-ring (bicyclic) bond motifs is 1. The van der Waals surface area contributed by atoms with E-state index in [4.69, 9.17) is 0 Å². The van der Waals surface area contributed by atoms with Crippen LogP contribution in [0.15, 0.2) is 24.4 Å². The summed E-state index contributed by atoms with van der Waals surface area (Å²) in [5.41, 5.74) is -0.0162. The van der Waals surface area contributed by atoms with Crippen molar-refractivity contribution in [1.29, 1.82) is 0 Å². The minimum absolute atomic E-state index is 0.252. The van der Waals surface area contributed by atoms with Crippen molar-refractivity contribution in [3.63, 3.8) is 0 Å². The molecule has 1 saturated carbocycles. The molecule has 4 atom stereocenters. The number of likely N-dealkylation sites (N-methyl/N-ethyl adjacent to an activating group) is 1. The van der Waals surface area contributed by atoms with Crippen LogP contribution in [0.3, 0.4) is 0 Å². The van der Waals surface area contributed by atoms with E-state index in [-0.39, 0.29) is 5.82 Å². The zero-order chi connectivity index (χ0) is 24.8. The standard InChI is InChI=1S/C20H25F3N6O5/c1-28(14-15(30)17(32)19(34)18(33)16(14)31)13-8-29(27-26-13)6-2-3-12-24-10-5-4-9(20(21,22)23)7-11(10)25-12/h4-5,7-8,14-19,30-34H,2-3,6H2,1H3,(H,24,25). The Bertz CT molecular complexity index is 1120. The van der Waals surface area contributed by atoms with E-state index >= 15 is 0 Å². The lowest BCUT2D eigenvalue weighted by molar-refractivity contribution is -0.185. The number of hydrogen-bond acceptors (Lipinski definition) is 9. The SMILES string of the molecule is CN(c1cn(CCCc2nc3ccc(C(F)(F)F)cc3[nH]2)nn1)C1C(O)C(O)C(O)C(O)C1O. The number of H-pyrrole nitrogens is 1. The summed E-state index contributed by atoms with van der Waals surface area (Å²) in [7, 11) is 1.49. The number of rotatable bonds is 6. The van der Waals surface area contributed by atoms with Gasteiger partial charge in [0.05, 0.1) is 28.8 Å². The number of halogens is 3. The Kier molecular flexibility index (Phi) is 6.52. The molecule has 6 N–H and O–H groups in total. The summed E-state index contributed by atoms with van der Waals surface area (Å²) < 4.78 is 40.1. The number of aromatic nitrogens is 5. The van der Waals surface area contributed by atoms with Crippen molar-refractivity contribution in [3.05, 3.63) is 35.8 Å². The summed E-state index contributed by atoms with van der Waals surface area (Å²) in [6.45, 7) is 0.394. The van der Waals surface area contributed by atoms with E-state index in [1.54, 1.807) is 0 Å². The molecule has 1 aliphatic rings. The average Bonchev–Trinajstić information content (AvgIpc) is 3.42. The predicted molar refractivity (Wildman–Crippen MR) is 112 cm³/mol. The Labute approximate surface area is 191 Å². The van der Waals surface area contributed by atoms with Gasteiger partial charge in [-0.05, 0) is 24.6 Å². The molecule has 1 aliphatic carbocycles. The first kappa shape index (κ1) is 24.3. The number of nitrogens with zero attached hydrogens (tertiary/aromatic N) is 5. The van der Waals surface area contributed by atoms with E-state index in [1.165, 1.54) is 28.9 Å². The second-order valence-corrected chi connectivity index (χ2v) is 8.41. The van der Waals surface area contributed by atoms with E-state index in [1.807, 2.05) is 0 Å². The van der Waals surface area contributed by atoms with Crippen LogP contribution < -0.4 is 4.90 Å². The van der Waals surface area contributed by atoms with Crippen LogP contribution in [0.2, 0.25) is 0 Å². The molecule has 4 rings (SSSR count). The van der Waals surface area contributed by atoms with Crippen LogP contribution in [-0.2, 0) is 19.1 Å². The monoisotopic (exact) mass is 486 g/mol. The van der Waals surface area contributed by atoms with Crippen LogP contribution in [0.4, 0.5) is 19.0 Å². The van der Waals surface area contributed by atoms with Crippen molar-refractivity contribution >= 4 is 16.9 Å². The molecule has 4 unspecified atom stereocenters. The highest BCUT2D eigenvalue weighted by Crippen LogP contribution is 2.31. The fourth-order valence-corrected chi connectivity index (χ4v) is 4.15. The molecule has 1 aromatic carbocycles. The number of aliphatic hydroxyl groups excluding tert-OH is 5. The number of hydrogen-bond donors (Lipinski definition) is 6. The molecule has 1 fully saturated rings. The zero-order valence-electron chi connectivity index (χ0n) is 18.0. The molecular formula is C20H25F3N6O5. The van der Waals surface area contributed by atoms with Crippen LogP contribution in [0.25, 0.3) is 11.0 Å². The molecule has 0 bridgehead atoms. The summed E-state index contributed by atoms with van der Waals surface area (Å²) in [5.74, 6) is 0.782. The molecule has 2 aromatic heterocycles. The molecular weight excluding hydrogens is 461 g/mol. The van der Waals surface area contributed by atoms with Crippen molar-refractivity contribution in [2.24, 2.45) is 0 Å². The summed E-state index contributed by atoms with van der Waals surface area (Å²) >= 11 is 0. The second kappa shape index (κ2) is 9.11. The van der Waals surface area contributed by atoms with Gasteiger partial charge < -0.3 is 35.4 Å². The number of imidazole rings is 1. The lowest BCUT2D eigenvalue weighted by Crippen LogP contribution is -2.68. The zero-order valence-corrected chi connectivity index (χ0v) is 18.0. The lowest BCUT2D eigenvalue weighted by atomic mass is 9.82. The first-order chi connectivity index (χ1) is 16.0. The van der Waals surface area contributed by atoms with Gasteiger partial charge in [0.25, 0.3) is 0 Å². The summed E-state index contributed by atoms with van der Waals surface area (Å²) in [4.78, 5) is 8.55. The summed E-state index contributed by atoms with van der Waals surface area (Å²) in [6, 6.07) is 2.18. The molecule has 0 spiro atoms. The fraction of sp³-hybridized carbons (Fsp3) is 0.550. The van der Waals surface area contributed by atoms with Gasteiger partial charge in [-0.15, -0.1) is 5.10 Å². The molecule has 34 heavy (non-hydrogen) atoms. The highest BCUT2D eigenvalue weighted by molar-refractivity contribution is 5.76. The van der Waals surface area contributed by atoms with E-state index < -0.39 is 48.3 Å². The number of aliphatic hydroxyl groups is 5. The number of aryl methyl sites for hydroxylation is 2. The van der Waals surface area contributed by atoms with Crippen LogP contribution in [0, 0.1) is 0 Å². The first-order valence-electron chi connectivity index (χ1n) is 10.6. The van der Waals surface area contributed by atoms with Gasteiger partial charge in [0.2, 0.25) is 0 Å². The van der Waals surface area contributed by atoms with Crippen molar-refractivity contribution < 1.29 is 38.7 Å². The molecule has 14 heteroatoms. The third kappa shape index (κ3) is 4.59. The molecule has 0 saturated heterocycles. The normalized spacial score (nSPS) is 27.9. The molecule has 0 radical (unpaired) electrons. The van der Waals surface area contributed by atoms with Gasteiger partial charge in [0.1, 0.15) is 36.3 Å². The molecule has 186 valence electrons. The maximum atomic E-state index is 12.9.